The fraction of sp³-hybridized carbons (Fsp3) is 0.519. The first-order valence-electron chi connectivity index (χ1n) is 12.5. The molecule has 1 unspecified atom stereocenters. The lowest BCUT2D eigenvalue weighted by atomic mass is 9.89. The molecule has 1 amide bonds. The Bertz CT molecular complexity index is 1230. The van der Waals surface area contributed by atoms with E-state index in [4.69, 9.17) is 9.47 Å². The van der Waals surface area contributed by atoms with Crippen molar-refractivity contribution in [3.05, 3.63) is 69.8 Å². The van der Waals surface area contributed by atoms with Crippen LogP contribution in [0.15, 0.2) is 36.4 Å². The summed E-state index contributed by atoms with van der Waals surface area (Å²) in [5.41, 5.74) is -5.36. The van der Waals surface area contributed by atoms with Gasteiger partial charge in [-0.25, -0.2) is 4.79 Å². The Morgan fingerprint density at radius 3 is 2.15 bits per heavy atom. The molecule has 2 aliphatic rings. The highest BCUT2D eigenvalue weighted by atomic mass is 19.4. The number of ether oxygens (including phenoxy) is 2. The topological polar surface area (TPSA) is 38.8 Å². The maximum Gasteiger partial charge on any atom is 0.417 e. The molecular weight excluding hydrogens is 557 g/mol. The van der Waals surface area contributed by atoms with E-state index >= 15 is 0 Å². The maximum atomic E-state index is 13.9. The van der Waals surface area contributed by atoms with Crippen LogP contribution in [0, 0.1) is 5.92 Å². The molecule has 0 N–H and O–H groups in total. The van der Waals surface area contributed by atoms with Crippen molar-refractivity contribution in [2.24, 2.45) is 5.92 Å². The number of alkyl halides is 9. The molecule has 0 spiro atoms. The average molecular weight is 583 g/mol. The first-order valence-corrected chi connectivity index (χ1v) is 12.5. The zero-order chi connectivity index (χ0) is 29.6. The minimum Gasteiger partial charge on any atom is -0.439 e. The van der Waals surface area contributed by atoms with Crippen LogP contribution in [0.5, 0.6) is 0 Å². The molecule has 2 aromatic carbocycles. The van der Waals surface area contributed by atoms with Crippen molar-refractivity contribution in [1.29, 1.82) is 0 Å². The van der Waals surface area contributed by atoms with Crippen molar-refractivity contribution < 1.29 is 53.8 Å². The SMILES string of the molecule is COC(c1ccc(C(F)(F)F)cc1CN1C(=O)O[C@H](c2cccc(C(F)(F)F)c2C(F)(F)F)[C@@H]1C)C1CCCC1. The summed E-state index contributed by atoms with van der Waals surface area (Å²) in [5, 5.41) is 0. The third-order valence-corrected chi connectivity index (χ3v) is 7.58. The molecule has 0 radical (unpaired) electrons. The molecule has 0 aromatic heterocycles. The van der Waals surface area contributed by atoms with Crippen molar-refractivity contribution >= 4 is 6.09 Å². The van der Waals surface area contributed by atoms with Crippen molar-refractivity contribution in [1.82, 2.24) is 4.90 Å². The molecule has 1 saturated carbocycles. The van der Waals surface area contributed by atoms with Gasteiger partial charge in [-0.05, 0) is 55.0 Å². The van der Waals surface area contributed by atoms with E-state index < -0.39 is 71.7 Å². The van der Waals surface area contributed by atoms with E-state index in [0.717, 1.165) is 54.8 Å². The second-order valence-corrected chi connectivity index (χ2v) is 10.1. The van der Waals surface area contributed by atoms with Gasteiger partial charge in [-0.15, -0.1) is 0 Å². The lowest BCUT2D eigenvalue weighted by Crippen LogP contribution is -2.33. The number of nitrogens with zero attached hydrogens (tertiary/aromatic N) is 1. The Hall–Kier alpha value is -2.96. The molecule has 1 heterocycles. The van der Waals surface area contributed by atoms with Crippen molar-refractivity contribution in [3.8, 4) is 0 Å². The van der Waals surface area contributed by atoms with Gasteiger partial charge in [0.25, 0.3) is 0 Å². The molecule has 1 aliphatic heterocycles. The van der Waals surface area contributed by atoms with E-state index in [1.165, 1.54) is 20.1 Å². The molecule has 3 atom stereocenters. The number of halogens is 9. The van der Waals surface area contributed by atoms with Crippen LogP contribution in [0.3, 0.4) is 0 Å². The molecule has 40 heavy (non-hydrogen) atoms. The minimum absolute atomic E-state index is 0.00985. The fourth-order valence-corrected chi connectivity index (χ4v) is 5.71. The summed E-state index contributed by atoms with van der Waals surface area (Å²) in [7, 11) is 1.42. The van der Waals surface area contributed by atoms with Gasteiger partial charge in [0.1, 0.15) is 6.10 Å². The number of cyclic esters (lactones) is 1. The quantitative estimate of drug-likeness (QED) is 0.320. The Morgan fingerprint density at radius 1 is 0.950 bits per heavy atom. The third-order valence-electron chi connectivity index (χ3n) is 7.58. The van der Waals surface area contributed by atoms with E-state index in [-0.39, 0.29) is 17.5 Å². The van der Waals surface area contributed by atoms with Gasteiger partial charge in [0, 0.05) is 19.2 Å². The second kappa shape index (κ2) is 10.8. The van der Waals surface area contributed by atoms with Gasteiger partial charge in [-0.3, -0.25) is 4.90 Å². The molecule has 4 nitrogen and oxygen atoms in total. The average Bonchev–Trinajstić information content (AvgIpc) is 3.47. The summed E-state index contributed by atoms with van der Waals surface area (Å²) >= 11 is 0. The van der Waals surface area contributed by atoms with Gasteiger partial charge >= 0.3 is 24.6 Å². The fourth-order valence-electron chi connectivity index (χ4n) is 5.71. The molecule has 4 rings (SSSR count). The van der Waals surface area contributed by atoms with E-state index in [9.17, 15) is 44.3 Å². The van der Waals surface area contributed by atoms with E-state index in [1.807, 2.05) is 0 Å². The van der Waals surface area contributed by atoms with E-state index in [2.05, 4.69) is 0 Å². The van der Waals surface area contributed by atoms with Crippen LogP contribution in [0.2, 0.25) is 0 Å². The number of methoxy groups -OCH3 is 1. The smallest absolute Gasteiger partial charge is 0.417 e. The summed E-state index contributed by atoms with van der Waals surface area (Å²) < 4.78 is 134. The predicted octanol–water partition coefficient (Wildman–Crippen LogP) is 8.70. The molecule has 2 fully saturated rings. The molecular formula is C27H26F9NO3. The van der Waals surface area contributed by atoms with Gasteiger partial charge in [0.05, 0.1) is 28.8 Å². The molecule has 1 saturated heterocycles. The van der Waals surface area contributed by atoms with Crippen LogP contribution in [0.1, 0.15) is 78.2 Å². The maximum absolute atomic E-state index is 13.9. The van der Waals surface area contributed by atoms with Gasteiger partial charge in [-0.1, -0.05) is 31.0 Å². The van der Waals surface area contributed by atoms with Crippen LogP contribution >= 0.6 is 0 Å². The largest absolute Gasteiger partial charge is 0.439 e. The number of carbonyl (C=O) groups is 1. The molecule has 0 bridgehead atoms. The number of amides is 1. The van der Waals surface area contributed by atoms with Gasteiger partial charge < -0.3 is 9.47 Å². The van der Waals surface area contributed by atoms with Gasteiger partial charge in [0.15, 0.2) is 0 Å². The zero-order valence-electron chi connectivity index (χ0n) is 21.4. The third kappa shape index (κ3) is 5.89. The van der Waals surface area contributed by atoms with Crippen LogP contribution < -0.4 is 0 Å². The standard InChI is InChI=1S/C27H26F9NO3/c1-14-22(19-8-5-9-20(26(31,32)33)21(19)27(34,35)36)40-24(38)37(14)13-16-12-17(25(28,29)30)10-11-18(16)23(39-2)15-6-3-4-7-15/h5,8-12,14-15,22-23H,3-4,6-7,13H2,1-2H3/t14-,22-,23?/m0/s1. The van der Waals surface area contributed by atoms with Crippen LogP contribution in [-0.2, 0) is 34.5 Å². The van der Waals surface area contributed by atoms with Gasteiger partial charge in [-0.2, -0.15) is 39.5 Å². The lowest BCUT2D eigenvalue weighted by molar-refractivity contribution is -0.163. The van der Waals surface area contributed by atoms with E-state index in [1.54, 1.807) is 0 Å². The first kappa shape index (κ1) is 30.0. The number of hydrogen-bond donors (Lipinski definition) is 0. The summed E-state index contributed by atoms with van der Waals surface area (Å²) in [5.74, 6) is 0.00985. The Kier molecular flexibility index (Phi) is 8.09. The highest BCUT2D eigenvalue weighted by Crippen LogP contribution is 2.47. The van der Waals surface area contributed by atoms with Crippen molar-refractivity contribution in [2.75, 3.05) is 7.11 Å². The van der Waals surface area contributed by atoms with E-state index in [0.29, 0.717) is 5.56 Å². The Labute approximate surface area is 224 Å². The monoisotopic (exact) mass is 583 g/mol. The number of rotatable bonds is 6. The summed E-state index contributed by atoms with van der Waals surface area (Å²) in [6.07, 6.45) is -15.6. The van der Waals surface area contributed by atoms with Gasteiger partial charge in [0.2, 0.25) is 0 Å². The van der Waals surface area contributed by atoms with Crippen molar-refractivity contribution in [3.63, 3.8) is 0 Å². The number of carbonyl (C=O) groups excluding carboxylic acids is 1. The molecule has 220 valence electrons. The number of hydrogen-bond acceptors (Lipinski definition) is 3. The van der Waals surface area contributed by atoms with Crippen LogP contribution in [0.4, 0.5) is 44.3 Å². The zero-order valence-corrected chi connectivity index (χ0v) is 21.4. The molecule has 2 aromatic rings. The molecule has 1 aliphatic carbocycles. The van der Waals surface area contributed by atoms with Crippen LogP contribution in [-0.4, -0.2) is 24.1 Å². The van der Waals surface area contributed by atoms with Crippen LogP contribution in [0.25, 0.3) is 0 Å². The summed E-state index contributed by atoms with van der Waals surface area (Å²) in [6, 6.07) is 3.64. The lowest BCUT2D eigenvalue weighted by Gasteiger charge is -2.28. The molecule has 13 heteroatoms. The second-order valence-electron chi connectivity index (χ2n) is 10.1. The van der Waals surface area contributed by atoms with Crippen molar-refractivity contribution in [2.45, 2.75) is 75.9 Å². The Morgan fingerprint density at radius 2 is 1.60 bits per heavy atom. The minimum atomic E-state index is -5.43. The highest BCUT2D eigenvalue weighted by molar-refractivity contribution is 5.71. The predicted molar refractivity (Wildman–Crippen MR) is 124 cm³/mol. The Balaban J connectivity index is 1.74. The summed E-state index contributed by atoms with van der Waals surface area (Å²) in [6.45, 7) is 0.788. The first-order chi connectivity index (χ1) is 18.5. The number of benzene rings is 2. The normalized spacial score (nSPS) is 21.7. The summed E-state index contributed by atoms with van der Waals surface area (Å²) in [4.78, 5) is 13.8. The highest BCUT2D eigenvalue weighted by Gasteiger charge is 2.49.